The predicted octanol–water partition coefficient (Wildman–Crippen LogP) is -2.34. The van der Waals surface area contributed by atoms with Crippen LogP contribution in [0.25, 0.3) is 0 Å². The first-order valence-electron chi connectivity index (χ1n) is 6.09. The summed E-state index contributed by atoms with van der Waals surface area (Å²) in [4.78, 5) is 29.4. The molecule has 0 radical (unpaired) electrons. The van der Waals surface area contributed by atoms with E-state index in [-0.39, 0.29) is 12.6 Å². The maximum Gasteiger partial charge on any atom is 0.375 e. The van der Waals surface area contributed by atoms with E-state index in [1.165, 1.54) is 7.11 Å². The Labute approximate surface area is 116 Å². The van der Waals surface area contributed by atoms with Gasteiger partial charge >= 0.3 is 5.97 Å². The van der Waals surface area contributed by atoms with Gasteiger partial charge in [-0.25, -0.2) is 15.6 Å². The Morgan fingerprint density at radius 2 is 2.30 bits per heavy atom. The fraction of sp³-hybridized carbons (Fsp3) is 0.700. The van der Waals surface area contributed by atoms with Crippen LogP contribution in [-0.2, 0) is 14.4 Å². The number of hydrogen-bond donors (Lipinski definition) is 4. The second kappa shape index (κ2) is 7.75. The number of nitrogens with one attached hydrogen (secondary N) is 1. The summed E-state index contributed by atoms with van der Waals surface area (Å²) in [5.74, 6) is 7.57. The lowest BCUT2D eigenvalue weighted by molar-refractivity contribution is -0.135. The number of hydrazone groups is 1. The number of carbonyl (C=O) groups is 2. The van der Waals surface area contributed by atoms with Crippen LogP contribution in [0.3, 0.4) is 0 Å². The van der Waals surface area contributed by atoms with Gasteiger partial charge in [0.05, 0.1) is 13.7 Å². The molecule has 0 aromatic carbocycles. The fourth-order valence-electron chi connectivity index (χ4n) is 2.07. The molecule has 0 saturated carbocycles. The third-order valence-electron chi connectivity index (χ3n) is 2.96. The number of hydrazine groups is 1. The molecule has 114 valence electrons. The van der Waals surface area contributed by atoms with E-state index >= 15 is 0 Å². The van der Waals surface area contributed by atoms with Crippen LogP contribution in [0.1, 0.15) is 12.8 Å². The highest BCUT2D eigenvalue weighted by Crippen LogP contribution is 2.09. The number of hydrogen-bond acceptors (Lipinski definition) is 8. The van der Waals surface area contributed by atoms with Crippen molar-refractivity contribution in [3.63, 3.8) is 0 Å². The van der Waals surface area contributed by atoms with Crippen molar-refractivity contribution < 1.29 is 19.5 Å². The van der Waals surface area contributed by atoms with E-state index in [0.29, 0.717) is 11.6 Å². The molecule has 0 aromatic heterocycles. The molecule has 6 N–H and O–H groups in total. The molecule has 1 unspecified atom stereocenters. The third-order valence-corrected chi connectivity index (χ3v) is 2.96. The van der Waals surface area contributed by atoms with Gasteiger partial charge in [0, 0.05) is 12.6 Å². The quantitative estimate of drug-likeness (QED) is 0.148. The van der Waals surface area contributed by atoms with E-state index in [4.69, 9.17) is 21.6 Å². The van der Waals surface area contributed by atoms with Crippen molar-refractivity contribution in [3.8, 4) is 0 Å². The minimum Gasteiger partial charge on any atom is -0.475 e. The van der Waals surface area contributed by atoms with Crippen molar-refractivity contribution in [1.29, 1.82) is 0 Å². The van der Waals surface area contributed by atoms with Crippen LogP contribution in [-0.4, -0.2) is 65.5 Å². The Kier molecular flexibility index (Phi) is 6.31. The minimum absolute atomic E-state index is 0.00923. The number of carbonyl (C=O) groups excluding carboxylic acids is 1. The first-order chi connectivity index (χ1) is 9.49. The number of carboxylic acids is 1. The Hall–Kier alpha value is -1.75. The number of nitrogens with zero attached hydrogens (tertiary/aromatic N) is 3. The van der Waals surface area contributed by atoms with Crippen LogP contribution in [0.2, 0.25) is 0 Å². The molecule has 1 rings (SSSR count). The Morgan fingerprint density at radius 1 is 1.60 bits per heavy atom. The molecule has 1 saturated heterocycles. The topological polar surface area (TPSA) is 147 Å². The summed E-state index contributed by atoms with van der Waals surface area (Å²) in [5.41, 5.74) is 2.83. The normalized spacial score (nSPS) is 20.7. The molecule has 1 atom stereocenters. The van der Waals surface area contributed by atoms with Gasteiger partial charge in [0.1, 0.15) is 0 Å². The molecule has 0 aliphatic carbocycles. The molecule has 1 aliphatic heterocycles. The number of likely N-dealkylation sites (tertiary alicyclic amines) is 1. The molecule has 0 spiro atoms. The van der Waals surface area contributed by atoms with Crippen LogP contribution in [0.15, 0.2) is 5.10 Å². The van der Waals surface area contributed by atoms with E-state index < -0.39 is 17.7 Å². The average molecular weight is 288 g/mol. The summed E-state index contributed by atoms with van der Waals surface area (Å²) in [6, 6.07) is 0.120. The standard InChI is InChI=1S/C10H20N6O4/c1-20-14-7-3-2-4-15(5-7)6-8(17)16(12)9(13-11)10(18)19/h7,14H,2-6,11-12H2,1H3,(H,18,19)/b13-9-. The lowest BCUT2D eigenvalue weighted by Crippen LogP contribution is -2.53. The molecule has 10 nitrogen and oxygen atoms in total. The highest BCUT2D eigenvalue weighted by Gasteiger charge is 2.26. The van der Waals surface area contributed by atoms with E-state index in [1.54, 1.807) is 0 Å². The maximum absolute atomic E-state index is 11.9. The zero-order valence-corrected chi connectivity index (χ0v) is 11.3. The van der Waals surface area contributed by atoms with Crippen molar-refractivity contribution in [1.82, 2.24) is 15.4 Å². The zero-order valence-electron chi connectivity index (χ0n) is 11.3. The number of piperidine rings is 1. The van der Waals surface area contributed by atoms with Crippen molar-refractivity contribution >= 4 is 17.7 Å². The van der Waals surface area contributed by atoms with Crippen LogP contribution >= 0.6 is 0 Å². The molecule has 20 heavy (non-hydrogen) atoms. The van der Waals surface area contributed by atoms with Gasteiger partial charge in [0.2, 0.25) is 0 Å². The SMILES string of the molecule is CONC1CCCN(CC(=O)N(N)/C(=N\N)C(=O)O)C1. The monoisotopic (exact) mass is 288 g/mol. The van der Waals surface area contributed by atoms with Gasteiger partial charge in [-0.2, -0.15) is 10.6 Å². The number of nitrogens with two attached hydrogens (primary N) is 2. The van der Waals surface area contributed by atoms with Crippen LogP contribution in [0, 0.1) is 0 Å². The maximum atomic E-state index is 11.9. The zero-order chi connectivity index (χ0) is 15.1. The van der Waals surface area contributed by atoms with Gasteiger partial charge in [-0.1, -0.05) is 0 Å². The highest BCUT2D eigenvalue weighted by atomic mass is 16.6. The second-order valence-electron chi connectivity index (χ2n) is 4.42. The first kappa shape index (κ1) is 16.3. The number of rotatable bonds is 4. The molecule has 0 bridgehead atoms. The molecular formula is C10H20N6O4. The van der Waals surface area contributed by atoms with Gasteiger partial charge < -0.3 is 15.8 Å². The van der Waals surface area contributed by atoms with Gasteiger partial charge in [0.15, 0.2) is 0 Å². The van der Waals surface area contributed by atoms with Gasteiger partial charge in [-0.05, 0) is 19.4 Å². The van der Waals surface area contributed by atoms with Crippen LogP contribution in [0.4, 0.5) is 0 Å². The highest BCUT2D eigenvalue weighted by molar-refractivity contribution is 6.36. The Bertz CT molecular complexity index is 386. The Balaban J connectivity index is 2.55. The lowest BCUT2D eigenvalue weighted by Gasteiger charge is -2.32. The second-order valence-corrected chi connectivity index (χ2v) is 4.42. The van der Waals surface area contributed by atoms with E-state index in [2.05, 4.69) is 10.6 Å². The summed E-state index contributed by atoms with van der Waals surface area (Å²) in [7, 11) is 1.53. The smallest absolute Gasteiger partial charge is 0.375 e. The van der Waals surface area contributed by atoms with Crippen LogP contribution in [0.5, 0.6) is 0 Å². The van der Waals surface area contributed by atoms with E-state index in [9.17, 15) is 9.59 Å². The van der Waals surface area contributed by atoms with E-state index in [0.717, 1.165) is 19.4 Å². The van der Waals surface area contributed by atoms with E-state index in [1.807, 2.05) is 4.90 Å². The molecule has 0 aromatic rings. The largest absolute Gasteiger partial charge is 0.475 e. The number of aliphatic carboxylic acids is 1. The van der Waals surface area contributed by atoms with Crippen molar-refractivity contribution in [3.05, 3.63) is 0 Å². The van der Waals surface area contributed by atoms with Gasteiger partial charge in [-0.15, -0.1) is 0 Å². The van der Waals surface area contributed by atoms with Gasteiger partial charge in [0.25, 0.3) is 11.7 Å². The number of amides is 1. The first-order valence-corrected chi connectivity index (χ1v) is 6.09. The number of hydroxylamine groups is 1. The number of carboxylic acid groups (broad SMARTS) is 1. The summed E-state index contributed by atoms with van der Waals surface area (Å²) in [6.07, 6.45) is 1.84. The minimum atomic E-state index is -1.46. The van der Waals surface area contributed by atoms with Crippen molar-refractivity contribution in [2.24, 2.45) is 16.8 Å². The molecular weight excluding hydrogens is 268 g/mol. The summed E-state index contributed by atoms with van der Waals surface area (Å²) < 4.78 is 0. The average Bonchev–Trinajstić information content (AvgIpc) is 2.39. The lowest BCUT2D eigenvalue weighted by atomic mass is 10.1. The fourth-order valence-corrected chi connectivity index (χ4v) is 2.07. The van der Waals surface area contributed by atoms with Crippen LogP contribution < -0.4 is 17.2 Å². The molecule has 10 heteroatoms. The van der Waals surface area contributed by atoms with Crippen molar-refractivity contribution in [2.45, 2.75) is 18.9 Å². The number of amidine groups is 1. The summed E-state index contributed by atoms with van der Waals surface area (Å²) in [6.45, 7) is 1.32. The predicted molar refractivity (Wildman–Crippen MR) is 69.9 cm³/mol. The third kappa shape index (κ3) is 4.42. The summed E-state index contributed by atoms with van der Waals surface area (Å²) >= 11 is 0. The molecule has 1 aliphatic rings. The van der Waals surface area contributed by atoms with Crippen molar-refractivity contribution in [2.75, 3.05) is 26.7 Å². The molecule has 1 heterocycles. The molecule has 1 fully saturated rings. The van der Waals surface area contributed by atoms with Gasteiger partial charge in [-0.3, -0.25) is 9.69 Å². The Morgan fingerprint density at radius 3 is 2.85 bits per heavy atom. The molecule has 1 amide bonds. The summed E-state index contributed by atoms with van der Waals surface area (Å²) in [5, 5.41) is 12.2.